The number of aromatic nitrogens is 3. The normalized spacial score (nSPS) is 10.9. The number of nitrogens with one attached hydrogen (secondary N) is 1. The Labute approximate surface area is 157 Å². The molecule has 1 aromatic carbocycles. The summed E-state index contributed by atoms with van der Waals surface area (Å²) in [5, 5.41) is 4.05. The zero-order chi connectivity index (χ0) is 18.1. The number of halogens is 2. The molecular formula is C16H12Cl2N4O2S. The third kappa shape index (κ3) is 3.35. The molecule has 25 heavy (non-hydrogen) atoms. The van der Waals surface area contributed by atoms with Crippen LogP contribution in [0.2, 0.25) is 10.0 Å². The lowest BCUT2D eigenvalue weighted by Crippen LogP contribution is -2.21. The van der Waals surface area contributed by atoms with Gasteiger partial charge >= 0.3 is 0 Å². The third-order valence-corrected chi connectivity index (χ3v) is 4.57. The fourth-order valence-electron chi connectivity index (χ4n) is 2.37. The number of para-hydroxylation sites is 1. The number of hydrogen-bond acceptors (Lipinski definition) is 5. The highest BCUT2D eigenvalue weighted by molar-refractivity contribution is 7.98. The van der Waals surface area contributed by atoms with Crippen LogP contribution in [-0.2, 0) is 4.79 Å². The Morgan fingerprint density at radius 3 is 2.56 bits per heavy atom. The summed E-state index contributed by atoms with van der Waals surface area (Å²) in [5.74, 6) is -0.291. The molecule has 3 aromatic rings. The minimum absolute atomic E-state index is 0.250. The van der Waals surface area contributed by atoms with Gasteiger partial charge in [-0.05, 0) is 18.4 Å². The van der Waals surface area contributed by atoms with Crippen molar-refractivity contribution < 1.29 is 4.79 Å². The molecule has 2 heterocycles. The van der Waals surface area contributed by atoms with Gasteiger partial charge in [-0.15, -0.1) is 0 Å². The van der Waals surface area contributed by atoms with Crippen molar-refractivity contribution in [2.45, 2.75) is 12.1 Å². The fourth-order valence-corrected chi connectivity index (χ4v) is 3.29. The standard InChI is InChI=1S/C16H12Cl2N4O2S/c1-8(23)20-12-7-22(14-10(17)4-3-5-11(14)18)15(24)9-6-19-16(25-2)21-13(9)12/h3-7H,1-2H3,(H,20,23). The Morgan fingerprint density at radius 2 is 1.96 bits per heavy atom. The summed E-state index contributed by atoms with van der Waals surface area (Å²) < 4.78 is 1.29. The highest BCUT2D eigenvalue weighted by atomic mass is 35.5. The molecule has 0 unspecified atom stereocenters. The zero-order valence-electron chi connectivity index (χ0n) is 13.2. The maximum absolute atomic E-state index is 12.9. The van der Waals surface area contributed by atoms with Crippen LogP contribution in [-0.4, -0.2) is 26.7 Å². The van der Waals surface area contributed by atoms with Crippen LogP contribution in [0.3, 0.4) is 0 Å². The molecule has 0 saturated carbocycles. The predicted molar refractivity (Wildman–Crippen MR) is 101 cm³/mol. The van der Waals surface area contributed by atoms with Gasteiger partial charge in [-0.25, -0.2) is 9.97 Å². The SMILES string of the molecule is CSc1ncc2c(=O)n(-c3c(Cl)cccc3Cl)cc(NC(C)=O)c2n1. The van der Waals surface area contributed by atoms with Crippen LogP contribution in [0.1, 0.15) is 6.92 Å². The van der Waals surface area contributed by atoms with E-state index < -0.39 is 0 Å². The molecule has 0 bridgehead atoms. The monoisotopic (exact) mass is 394 g/mol. The molecule has 9 heteroatoms. The van der Waals surface area contributed by atoms with Crippen molar-refractivity contribution in [2.75, 3.05) is 11.6 Å². The average Bonchev–Trinajstić information content (AvgIpc) is 2.57. The van der Waals surface area contributed by atoms with E-state index in [0.29, 0.717) is 32.1 Å². The minimum Gasteiger partial charge on any atom is -0.323 e. The van der Waals surface area contributed by atoms with Crippen LogP contribution < -0.4 is 10.9 Å². The predicted octanol–water partition coefficient (Wildman–Crippen LogP) is 3.77. The van der Waals surface area contributed by atoms with E-state index in [9.17, 15) is 9.59 Å². The molecule has 1 amide bonds. The second-order valence-corrected chi connectivity index (χ2v) is 6.68. The van der Waals surface area contributed by atoms with E-state index in [1.54, 1.807) is 18.2 Å². The summed E-state index contributed by atoms with van der Waals surface area (Å²) in [6.45, 7) is 1.38. The van der Waals surface area contributed by atoms with Gasteiger partial charge in [0.15, 0.2) is 5.16 Å². The van der Waals surface area contributed by atoms with Crippen molar-refractivity contribution in [3.63, 3.8) is 0 Å². The maximum atomic E-state index is 12.9. The van der Waals surface area contributed by atoms with Crippen LogP contribution >= 0.6 is 35.0 Å². The number of amides is 1. The lowest BCUT2D eigenvalue weighted by Gasteiger charge is -2.14. The molecule has 3 rings (SSSR count). The third-order valence-electron chi connectivity index (χ3n) is 3.40. The van der Waals surface area contributed by atoms with E-state index in [2.05, 4.69) is 15.3 Å². The molecule has 128 valence electrons. The fraction of sp³-hybridized carbons (Fsp3) is 0.125. The number of pyridine rings is 1. The molecule has 0 saturated heterocycles. The van der Waals surface area contributed by atoms with Gasteiger partial charge in [-0.2, -0.15) is 0 Å². The van der Waals surface area contributed by atoms with Crippen molar-refractivity contribution in [2.24, 2.45) is 0 Å². The number of hydrogen-bond donors (Lipinski definition) is 1. The molecule has 0 radical (unpaired) electrons. The lowest BCUT2D eigenvalue weighted by molar-refractivity contribution is -0.114. The molecular weight excluding hydrogens is 383 g/mol. The van der Waals surface area contributed by atoms with E-state index in [4.69, 9.17) is 23.2 Å². The summed E-state index contributed by atoms with van der Waals surface area (Å²) in [6, 6.07) is 4.94. The Bertz CT molecular complexity index is 1030. The largest absolute Gasteiger partial charge is 0.323 e. The highest BCUT2D eigenvalue weighted by Crippen LogP contribution is 2.29. The molecule has 1 N–H and O–H groups in total. The van der Waals surface area contributed by atoms with Gasteiger partial charge in [0.25, 0.3) is 5.56 Å². The zero-order valence-corrected chi connectivity index (χ0v) is 15.5. The molecule has 0 aliphatic carbocycles. The van der Waals surface area contributed by atoms with Crippen LogP contribution in [0, 0.1) is 0 Å². The first-order valence-electron chi connectivity index (χ1n) is 7.10. The van der Waals surface area contributed by atoms with E-state index in [1.165, 1.54) is 35.6 Å². The topological polar surface area (TPSA) is 76.9 Å². The Hall–Kier alpha value is -2.09. The molecule has 6 nitrogen and oxygen atoms in total. The number of fused-ring (bicyclic) bond motifs is 1. The summed E-state index contributed by atoms with van der Waals surface area (Å²) in [7, 11) is 0. The summed E-state index contributed by atoms with van der Waals surface area (Å²) in [4.78, 5) is 33.0. The summed E-state index contributed by atoms with van der Waals surface area (Å²) in [6.07, 6.45) is 4.73. The second kappa shape index (κ2) is 7.03. The summed E-state index contributed by atoms with van der Waals surface area (Å²) in [5.41, 5.74) is 0.680. The van der Waals surface area contributed by atoms with Gasteiger partial charge in [0.05, 0.1) is 26.8 Å². The average molecular weight is 395 g/mol. The first-order chi connectivity index (χ1) is 11.9. The summed E-state index contributed by atoms with van der Waals surface area (Å²) >= 11 is 13.8. The molecule has 0 aliphatic rings. The van der Waals surface area contributed by atoms with Gasteiger partial charge < -0.3 is 5.32 Å². The maximum Gasteiger partial charge on any atom is 0.266 e. The molecule has 2 aromatic heterocycles. The van der Waals surface area contributed by atoms with Crippen molar-refractivity contribution in [3.8, 4) is 5.69 Å². The van der Waals surface area contributed by atoms with Crippen molar-refractivity contribution in [1.82, 2.24) is 14.5 Å². The van der Waals surface area contributed by atoms with Crippen LogP contribution in [0.5, 0.6) is 0 Å². The number of anilines is 1. The molecule has 0 fully saturated rings. The number of carbonyl (C=O) groups excluding carboxylic acids is 1. The van der Waals surface area contributed by atoms with Gasteiger partial charge in [0.1, 0.15) is 5.52 Å². The first kappa shape index (κ1) is 17.7. The van der Waals surface area contributed by atoms with E-state index >= 15 is 0 Å². The van der Waals surface area contributed by atoms with Crippen LogP contribution in [0.25, 0.3) is 16.6 Å². The number of thioether (sulfide) groups is 1. The van der Waals surface area contributed by atoms with Crippen molar-refractivity contribution >= 4 is 57.5 Å². The van der Waals surface area contributed by atoms with Crippen molar-refractivity contribution in [3.05, 3.63) is 51.0 Å². The Kier molecular flexibility index (Phi) is 4.99. The smallest absolute Gasteiger partial charge is 0.266 e. The van der Waals surface area contributed by atoms with Crippen LogP contribution in [0.4, 0.5) is 5.69 Å². The number of carbonyl (C=O) groups is 1. The van der Waals surface area contributed by atoms with Crippen molar-refractivity contribution in [1.29, 1.82) is 0 Å². The van der Waals surface area contributed by atoms with Gasteiger partial charge in [0, 0.05) is 19.3 Å². The van der Waals surface area contributed by atoms with E-state index in [1.807, 2.05) is 6.26 Å². The quantitative estimate of drug-likeness (QED) is 0.540. The van der Waals surface area contributed by atoms with Gasteiger partial charge in [0.2, 0.25) is 5.91 Å². The van der Waals surface area contributed by atoms with E-state index in [-0.39, 0.29) is 16.9 Å². The molecule has 0 spiro atoms. The molecule has 0 atom stereocenters. The number of rotatable bonds is 3. The first-order valence-corrected chi connectivity index (χ1v) is 9.09. The minimum atomic E-state index is -0.383. The number of benzene rings is 1. The van der Waals surface area contributed by atoms with Gasteiger partial charge in [-0.3, -0.25) is 14.2 Å². The van der Waals surface area contributed by atoms with Gasteiger partial charge in [-0.1, -0.05) is 41.0 Å². The molecule has 0 aliphatic heterocycles. The number of nitrogens with zero attached hydrogens (tertiary/aromatic N) is 3. The highest BCUT2D eigenvalue weighted by Gasteiger charge is 2.17. The van der Waals surface area contributed by atoms with Crippen LogP contribution in [0.15, 0.2) is 40.5 Å². The lowest BCUT2D eigenvalue weighted by atomic mass is 10.2. The second-order valence-electron chi connectivity index (χ2n) is 5.09. The Morgan fingerprint density at radius 1 is 1.28 bits per heavy atom. The Balaban J connectivity index is 2.40. The van der Waals surface area contributed by atoms with E-state index in [0.717, 1.165) is 0 Å².